The molecule has 1 aliphatic heterocycles. The van der Waals surface area contributed by atoms with Crippen molar-refractivity contribution in [3.63, 3.8) is 0 Å². The molecule has 0 amide bonds. The molecule has 8 nitrogen and oxygen atoms in total. The summed E-state index contributed by atoms with van der Waals surface area (Å²) in [6.07, 6.45) is 1.87. The summed E-state index contributed by atoms with van der Waals surface area (Å²) >= 11 is 0. The average Bonchev–Trinajstić information content (AvgIpc) is 3.20. The Morgan fingerprint density at radius 1 is 1.33 bits per heavy atom. The van der Waals surface area contributed by atoms with E-state index >= 15 is 0 Å². The van der Waals surface area contributed by atoms with Crippen molar-refractivity contribution in [2.45, 2.75) is 26.4 Å². The van der Waals surface area contributed by atoms with Crippen molar-refractivity contribution in [1.82, 2.24) is 14.5 Å². The summed E-state index contributed by atoms with van der Waals surface area (Å²) in [4.78, 5) is 10.9. The Bertz CT molecular complexity index is 1100. The molecular weight excluding hydrogens is 344 g/mol. The number of aliphatic hydroxyl groups excluding tert-OH is 1. The third kappa shape index (κ3) is 2.55. The molecule has 0 unspecified atom stereocenters. The maximum absolute atomic E-state index is 10.2. The normalized spacial score (nSPS) is 16.8. The van der Waals surface area contributed by atoms with Gasteiger partial charge in [0.05, 0.1) is 17.2 Å². The summed E-state index contributed by atoms with van der Waals surface area (Å²) < 4.78 is 1.70. The molecule has 0 spiro atoms. The van der Waals surface area contributed by atoms with E-state index in [-0.39, 0.29) is 11.6 Å². The third-order valence-corrected chi connectivity index (χ3v) is 5.12. The van der Waals surface area contributed by atoms with Gasteiger partial charge in [0.15, 0.2) is 5.65 Å². The molecule has 1 aromatic carbocycles. The maximum Gasteiger partial charge on any atom is 0.227 e. The number of β-amino-alcohol motifs (C(OH)–C–C–N with tert-alkyl or cyclic N) is 1. The van der Waals surface area contributed by atoms with Crippen LogP contribution in [0.25, 0.3) is 16.7 Å². The first-order valence-corrected chi connectivity index (χ1v) is 8.72. The van der Waals surface area contributed by atoms with Crippen LogP contribution in [0.3, 0.4) is 0 Å². The van der Waals surface area contributed by atoms with E-state index in [0.29, 0.717) is 53.3 Å². The number of hydrogen-bond donors (Lipinski definition) is 3. The predicted molar refractivity (Wildman–Crippen MR) is 102 cm³/mol. The minimum absolute atomic E-state index is 0.146. The number of phenols is 1. The summed E-state index contributed by atoms with van der Waals surface area (Å²) in [6, 6.07) is 5.57. The number of aromatic hydroxyl groups is 1. The standard InChI is InChI=1S/C19H20N6O2/c1-10-3-4-15(27)11(2)16(10)25-17(21)13(7-20)14-8-22-19(23-18(14)25)24-6-5-12(26)9-24/h3-4,8,12,26-27H,5-6,9,21H2,1-2H3/t12-/m0/s1. The molecule has 3 aromatic rings. The molecule has 1 fully saturated rings. The summed E-state index contributed by atoms with van der Waals surface area (Å²) in [7, 11) is 0. The van der Waals surface area contributed by atoms with Crippen LogP contribution in [0.2, 0.25) is 0 Å². The topological polar surface area (TPSA) is 124 Å². The van der Waals surface area contributed by atoms with E-state index in [2.05, 4.69) is 16.0 Å². The summed E-state index contributed by atoms with van der Waals surface area (Å²) in [6.45, 7) is 4.85. The molecule has 4 rings (SSSR count). The number of rotatable bonds is 2. The number of nitriles is 1. The Labute approximate surface area is 156 Å². The molecule has 1 atom stereocenters. The molecule has 0 aliphatic carbocycles. The first-order valence-electron chi connectivity index (χ1n) is 8.72. The Kier molecular flexibility index (Phi) is 3.89. The summed E-state index contributed by atoms with van der Waals surface area (Å²) in [5, 5.41) is 30.1. The second-order valence-corrected chi connectivity index (χ2v) is 6.88. The Morgan fingerprint density at radius 2 is 2.11 bits per heavy atom. The lowest BCUT2D eigenvalue weighted by atomic mass is 10.1. The molecule has 2 aromatic heterocycles. The van der Waals surface area contributed by atoms with Crippen molar-refractivity contribution in [3.8, 4) is 17.5 Å². The van der Waals surface area contributed by atoms with Crippen molar-refractivity contribution >= 4 is 22.8 Å². The molecule has 0 radical (unpaired) electrons. The van der Waals surface area contributed by atoms with Gasteiger partial charge in [-0.05, 0) is 31.9 Å². The zero-order valence-electron chi connectivity index (χ0n) is 15.1. The van der Waals surface area contributed by atoms with Gasteiger partial charge in [-0.25, -0.2) is 4.98 Å². The molecule has 27 heavy (non-hydrogen) atoms. The Morgan fingerprint density at radius 3 is 2.78 bits per heavy atom. The van der Waals surface area contributed by atoms with E-state index in [1.54, 1.807) is 29.8 Å². The van der Waals surface area contributed by atoms with Gasteiger partial charge < -0.3 is 20.8 Å². The van der Waals surface area contributed by atoms with Gasteiger partial charge in [-0.3, -0.25) is 4.57 Å². The Hall–Kier alpha value is -3.31. The number of nitrogens with zero attached hydrogens (tertiary/aromatic N) is 5. The number of benzene rings is 1. The van der Waals surface area contributed by atoms with Crippen LogP contribution in [0, 0.1) is 25.2 Å². The highest BCUT2D eigenvalue weighted by molar-refractivity contribution is 5.92. The molecule has 3 heterocycles. The number of nitrogen functional groups attached to an aromatic ring is 1. The minimum atomic E-state index is -0.397. The van der Waals surface area contributed by atoms with E-state index < -0.39 is 6.10 Å². The zero-order valence-corrected chi connectivity index (χ0v) is 15.1. The van der Waals surface area contributed by atoms with E-state index in [4.69, 9.17) is 5.73 Å². The fourth-order valence-electron chi connectivity index (χ4n) is 3.66. The van der Waals surface area contributed by atoms with E-state index in [9.17, 15) is 15.5 Å². The van der Waals surface area contributed by atoms with Gasteiger partial charge in [0, 0.05) is 24.8 Å². The number of nitrogens with two attached hydrogens (primary N) is 1. The number of anilines is 2. The Balaban J connectivity index is 2.01. The van der Waals surface area contributed by atoms with Crippen LogP contribution in [-0.2, 0) is 0 Å². The molecule has 1 saturated heterocycles. The van der Waals surface area contributed by atoms with Crippen LogP contribution in [0.15, 0.2) is 18.3 Å². The first-order chi connectivity index (χ1) is 12.9. The second-order valence-electron chi connectivity index (χ2n) is 6.88. The van der Waals surface area contributed by atoms with Gasteiger partial charge in [0.2, 0.25) is 5.95 Å². The summed E-state index contributed by atoms with van der Waals surface area (Å²) in [5.41, 5.74) is 9.37. The summed E-state index contributed by atoms with van der Waals surface area (Å²) in [5.74, 6) is 0.891. The lowest BCUT2D eigenvalue weighted by molar-refractivity contribution is 0.198. The van der Waals surface area contributed by atoms with Crippen LogP contribution in [0.5, 0.6) is 5.75 Å². The first kappa shape index (κ1) is 17.1. The highest BCUT2D eigenvalue weighted by Crippen LogP contribution is 2.35. The number of hydrogen-bond acceptors (Lipinski definition) is 7. The average molecular weight is 364 g/mol. The van der Waals surface area contributed by atoms with E-state index in [1.807, 2.05) is 11.8 Å². The maximum atomic E-state index is 10.2. The second kappa shape index (κ2) is 6.14. The van der Waals surface area contributed by atoms with Crippen LogP contribution < -0.4 is 10.6 Å². The van der Waals surface area contributed by atoms with Crippen molar-refractivity contribution in [2.24, 2.45) is 0 Å². The number of aryl methyl sites for hydroxylation is 1. The fraction of sp³-hybridized carbons (Fsp3) is 0.316. The number of fused-ring (bicyclic) bond motifs is 1. The SMILES string of the molecule is Cc1ccc(O)c(C)c1-n1c(N)c(C#N)c2cnc(N3CC[C@H](O)C3)nc21. The van der Waals surface area contributed by atoms with Crippen molar-refractivity contribution < 1.29 is 10.2 Å². The number of aliphatic hydroxyl groups is 1. The largest absolute Gasteiger partial charge is 0.508 e. The molecule has 8 heteroatoms. The minimum Gasteiger partial charge on any atom is -0.508 e. The highest BCUT2D eigenvalue weighted by atomic mass is 16.3. The molecule has 0 saturated carbocycles. The smallest absolute Gasteiger partial charge is 0.227 e. The van der Waals surface area contributed by atoms with Crippen molar-refractivity contribution in [1.29, 1.82) is 5.26 Å². The van der Waals surface area contributed by atoms with Crippen molar-refractivity contribution in [2.75, 3.05) is 23.7 Å². The van der Waals surface area contributed by atoms with Gasteiger partial charge in [-0.2, -0.15) is 10.2 Å². The third-order valence-electron chi connectivity index (χ3n) is 5.12. The number of phenolic OH excluding ortho intramolecular Hbond substituents is 1. The number of aromatic nitrogens is 3. The lowest BCUT2D eigenvalue weighted by Gasteiger charge is -2.17. The van der Waals surface area contributed by atoms with Gasteiger partial charge in [0.1, 0.15) is 23.2 Å². The van der Waals surface area contributed by atoms with Gasteiger partial charge in [-0.1, -0.05) is 6.07 Å². The van der Waals surface area contributed by atoms with Crippen LogP contribution in [-0.4, -0.2) is 43.9 Å². The molecule has 138 valence electrons. The van der Waals surface area contributed by atoms with Crippen LogP contribution >= 0.6 is 0 Å². The molecule has 0 bridgehead atoms. The quantitative estimate of drug-likeness (QED) is 0.633. The van der Waals surface area contributed by atoms with E-state index in [1.165, 1.54) is 0 Å². The van der Waals surface area contributed by atoms with Crippen LogP contribution in [0.1, 0.15) is 23.1 Å². The lowest BCUT2D eigenvalue weighted by Crippen LogP contribution is -2.23. The molecular formula is C19H20N6O2. The monoisotopic (exact) mass is 364 g/mol. The van der Waals surface area contributed by atoms with Gasteiger partial charge in [0.25, 0.3) is 0 Å². The van der Waals surface area contributed by atoms with Gasteiger partial charge in [-0.15, -0.1) is 0 Å². The molecule has 1 aliphatic rings. The molecule has 4 N–H and O–H groups in total. The highest BCUT2D eigenvalue weighted by Gasteiger charge is 2.25. The van der Waals surface area contributed by atoms with Gasteiger partial charge >= 0.3 is 0 Å². The van der Waals surface area contributed by atoms with Crippen molar-refractivity contribution in [3.05, 3.63) is 35.0 Å². The zero-order chi connectivity index (χ0) is 19.3. The fourth-order valence-corrected chi connectivity index (χ4v) is 3.66. The predicted octanol–water partition coefficient (Wildman–Crippen LogP) is 1.77. The van der Waals surface area contributed by atoms with Crippen LogP contribution in [0.4, 0.5) is 11.8 Å². The van der Waals surface area contributed by atoms with E-state index in [0.717, 1.165) is 5.56 Å².